The number of anilines is 1. The van der Waals surface area contributed by atoms with Crippen LogP contribution in [0.4, 0.5) is 5.69 Å². The highest BCUT2D eigenvalue weighted by Crippen LogP contribution is 2.48. The molecule has 2 aromatic carbocycles. The zero-order chi connectivity index (χ0) is 18.4. The van der Waals surface area contributed by atoms with E-state index in [0.29, 0.717) is 18.0 Å². The van der Waals surface area contributed by atoms with E-state index in [2.05, 4.69) is 0 Å². The number of hydrogen-bond donors (Lipinski definition) is 1. The number of carbonyl (C=O) groups is 2. The molecule has 2 atom stereocenters. The average molecular weight is 368 g/mol. The van der Waals surface area contributed by atoms with Gasteiger partial charge >= 0.3 is 5.97 Å². The van der Waals surface area contributed by atoms with Crippen molar-refractivity contribution in [2.45, 2.75) is 25.8 Å². The number of carboxylic acids is 1. The second-order valence-electron chi connectivity index (χ2n) is 6.89. The summed E-state index contributed by atoms with van der Waals surface area (Å²) >= 11 is 6.11. The average Bonchev–Trinajstić information content (AvgIpc) is 3.37. The largest absolute Gasteiger partial charge is 0.481 e. The summed E-state index contributed by atoms with van der Waals surface area (Å²) < 4.78 is 0. The van der Waals surface area contributed by atoms with Crippen LogP contribution in [0, 0.1) is 5.92 Å². The van der Waals surface area contributed by atoms with Gasteiger partial charge in [0.05, 0.1) is 18.2 Å². The number of aliphatic carboxylic acids is 1. The minimum absolute atomic E-state index is 0.0462. The third-order valence-corrected chi connectivity index (χ3v) is 5.37. The van der Waals surface area contributed by atoms with Gasteiger partial charge in [-0.1, -0.05) is 42.0 Å². The maximum atomic E-state index is 12.3. The molecule has 0 unspecified atom stereocenters. The van der Waals surface area contributed by atoms with E-state index in [1.54, 1.807) is 17.9 Å². The second kappa shape index (κ2) is 6.29. The molecule has 1 fully saturated rings. The van der Waals surface area contributed by atoms with Crippen molar-refractivity contribution < 1.29 is 14.7 Å². The molecular weight excluding hydrogens is 350 g/mol. The topological polar surface area (TPSA) is 57.6 Å². The number of carboxylic acid groups (broad SMARTS) is 1. The molecule has 0 aromatic heterocycles. The lowest BCUT2D eigenvalue weighted by Gasteiger charge is -2.26. The summed E-state index contributed by atoms with van der Waals surface area (Å²) in [5.41, 5.74) is 4.80. The quantitative estimate of drug-likeness (QED) is 0.846. The first-order valence-electron chi connectivity index (χ1n) is 8.55. The van der Waals surface area contributed by atoms with Crippen molar-refractivity contribution in [1.82, 2.24) is 0 Å². The standard InChI is InChI=1S/C21H18ClNO3/c1-12(24)23-11-16-8-14(18-10-19(18)21(25)26)4-2-13(16)3-5-15-9-17(22)6-7-20(15)23/h2-9,18-19H,10-11H2,1H3,(H,25,26)/t18-,19-/m0/s1. The van der Waals surface area contributed by atoms with Crippen molar-refractivity contribution in [2.24, 2.45) is 5.92 Å². The third-order valence-electron chi connectivity index (χ3n) is 5.13. The van der Waals surface area contributed by atoms with E-state index < -0.39 is 5.97 Å². The smallest absolute Gasteiger partial charge is 0.307 e. The maximum Gasteiger partial charge on any atom is 0.307 e. The summed E-state index contributed by atoms with van der Waals surface area (Å²) in [7, 11) is 0. The fourth-order valence-electron chi connectivity index (χ4n) is 3.61. The van der Waals surface area contributed by atoms with E-state index in [1.807, 2.05) is 42.5 Å². The van der Waals surface area contributed by atoms with E-state index in [9.17, 15) is 14.7 Å². The number of rotatable bonds is 2. The SMILES string of the molecule is CC(=O)N1Cc2cc([C@@H]3C[C@@H]3C(=O)O)ccc2C=Cc2cc(Cl)ccc21. The molecule has 4 nitrogen and oxygen atoms in total. The Bertz CT molecular complexity index is 950. The lowest BCUT2D eigenvalue weighted by atomic mass is 9.97. The third kappa shape index (κ3) is 3.01. The van der Waals surface area contributed by atoms with Gasteiger partial charge in [0, 0.05) is 11.9 Å². The Hall–Kier alpha value is -2.59. The number of hydrogen-bond acceptors (Lipinski definition) is 2. The molecule has 1 N–H and O–H groups in total. The van der Waals surface area contributed by atoms with Crippen molar-refractivity contribution in [3.63, 3.8) is 0 Å². The van der Waals surface area contributed by atoms with Gasteiger partial charge in [-0.15, -0.1) is 0 Å². The lowest BCUT2D eigenvalue weighted by Crippen LogP contribution is -2.29. The van der Waals surface area contributed by atoms with Gasteiger partial charge in [-0.05, 0) is 52.8 Å². The summed E-state index contributed by atoms with van der Waals surface area (Å²) in [6, 6.07) is 11.5. The summed E-state index contributed by atoms with van der Waals surface area (Å²) in [5.74, 6) is -0.999. The molecule has 0 radical (unpaired) electrons. The molecule has 2 aromatic rings. The molecule has 1 saturated carbocycles. The summed E-state index contributed by atoms with van der Waals surface area (Å²) in [6.07, 6.45) is 4.67. The van der Waals surface area contributed by atoms with Gasteiger partial charge in [-0.2, -0.15) is 0 Å². The Morgan fingerprint density at radius 3 is 2.58 bits per heavy atom. The zero-order valence-corrected chi connectivity index (χ0v) is 15.0. The number of fused-ring (bicyclic) bond motifs is 2. The van der Waals surface area contributed by atoms with E-state index in [4.69, 9.17) is 11.6 Å². The van der Waals surface area contributed by atoms with Crippen LogP contribution in [0.3, 0.4) is 0 Å². The Labute approximate surface area is 156 Å². The molecule has 26 heavy (non-hydrogen) atoms. The predicted molar refractivity (Wildman–Crippen MR) is 102 cm³/mol. The summed E-state index contributed by atoms with van der Waals surface area (Å²) in [6.45, 7) is 2.00. The highest BCUT2D eigenvalue weighted by atomic mass is 35.5. The first-order chi connectivity index (χ1) is 12.4. The predicted octanol–water partition coefficient (Wildman–Crippen LogP) is 4.57. The molecule has 0 bridgehead atoms. The van der Waals surface area contributed by atoms with Gasteiger partial charge in [0.2, 0.25) is 5.91 Å². The maximum absolute atomic E-state index is 12.3. The molecule has 1 amide bonds. The molecule has 2 aliphatic rings. The first-order valence-corrected chi connectivity index (χ1v) is 8.93. The van der Waals surface area contributed by atoms with Crippen LogP contribution in [-0.4, -0.2) is 17.0 Å². The molecule has 1 heterocycles. The molecule has 5 heteroatoms. The van der Waals surface area contributed by atoms with Gasteiger partial charge in [-0.25, -0.2) is 0 Å². The Morgan fingerprint density at radius 1 is 1.12 bits per heavy atom. The molecule has 1 aliphatic heterocycles. The highest BCUT2D eigenvalue weighted by molar-refractivity contribution is 6.30. The van der Waals surface area contributed by atoms with Crippen LogP contribution in [0.2, 0.25) is 5.02 Å². The number of carbonyl (C=O) groups excluding carboxylic acids is 1. The summed E-state index contributed by atoms with van der Waals surface area (Å²) in [4.78, 5) is 25.2. The zero-order valence-electron chi connectivity index (χ0n) is 14.3. The van der Waals surface area contributed by atoms with Gasteiger partial charge in [0.1, 0.15) is 0 Å². The number of benzene rings is 2. The van der Waals surface area contributed by atoms with Crippen LogP contribution in [-0.2, 0) is 16.1 Å². The summed E-state index contributed by atoms with van der Waals surface area (Å²) in [5, 5.41) is 9.80. The van der Waals surface area contributed by atoms with E-state index >= 15 is 0 Å². The minimum atomic E-state index is -0.738. The van der Waals surface area contributed by atoms with Crippen LogP contribution in [0.25, 0.3) is 12.2 Å². The fraction of sp³-hybridized carbons (Fsp3) is 0.238. The second-order valence-corrected chi connectivity index (χ2v) is 7.32. The Morgan fingerprint density at radius 2 is 1.88 bits per heavy atom. The molecule has 0 spiro atoms. The molecule has 4 rings (SSSR count). The van der Waals surface area contributed by atoms with Crippen molar-refractivity contribution in [3.05, 3.63) is 63.7 Å². The fourth-order valence-corrected chi connectivity index (χ4v) is 3.79. The molecule has 132 valence electrons. The van der Waals surface area contributed by atoms with Gasteiger partial charge in [-0.3, -0.25) is 9.59 Å². The van der Waals surface area contributed by atoms with Crippen LogP contribution < -0.4 is 4.90 Å². The number of amides is 1. The van der Waals surface area contributed by atoms with Crippen LogP contribution in [0.15, 0.2) is 36.4 Å². The van der Waals surface area contributed by atoms with Crippen molar-refractivity contribution in [1.29, 1.82) is 0 Å². The van der Waals surface area contributed by atoms with Crippen LogP contribution in [0.1, 0.15) is 41.5 Å². The van der Waals surface area contributed by atoms with Crippen molar-refractivity contribution >= 4 is 41.3 Å². The van der Waals surface area contributed by atoms with Crippen LogP contribution in [0.5, 0.6) is 0 Å². The minimum Gasteiger partial charge on any atom is -0.481 e. The molecule has 0 saturated heterocycles. The van der Waals surface area contributed by atoms with Crippen molar-refractivity contribution in [2.75, 3.05) is 4.90 Å². The Balaban J connectivity index is 1.76. The van der Waals surface area contributed by atoms with Gasteiger partial charge < -0.3 is 10.0 Å². The van der Waals surface area contributed by atoms with E-state index in [-0.39, 0.29) is 17.7 Å². The molecular formula is C21H18ClNO3. The Kier molecular flexibility index (Phi) is 4.08. The monoisotopic (exact) mass is 367 g/mol. The highest BCUT2D eigenvalue weighted by Gasteiger charge is 2.44. The first kappa shape index (κ1) is 16.9. The van der Waals surface area contributed by atoms with Gasteiger partial charge in [0.25, 0.3) is 0 Å². The number of halogens is 1. The number of nitrogens with zero attached hydrogens (tertiary/aromatic N) is 1. The van der Waals surface area contributed by atoms with Gasteiger partial charge in [0.15, 0.2) is 0 Å². The van der Waals surface area contributed by atoms with E-state index in [1.165, 1.54) is 0 Å². The van der Waals surface area contributed by atoms with Crippen LogP contribution >= 0.6 is 11.6 Å². The lowest BCUT2D eigenvalue weighted by molar-refractivity contribution is -0.138. The molecule has 1 aliphatic carbocycles. The van der Waals surface area contributed by atoms with Crippen molar-refractivity contribution in [3.8, 4) is 0 Å². The normalized spacial score (nSPS) is 20.6. The van der Waals surface area contributed by atoms with E-state index in [0.717, 1.165) is 27.9 Å².